The highest BCUT2D eigenvalue weighted by Crippen LogP contribution is 2.22. The number of aldehydes is 1. The molecule has 19 nitrogen and oxygen atoms in total. The van der Waals surface area contributed by atoms with Crippen LogP contribution >= 0.6 is 0 Å². The number of nitrogens with one attached hydrogen (secondary N) is 3. The molecule has 0 saturated carbocycles. The van der Waals surface area contributed by atoms with Crippen molar-refractivity contribution in [1.29, 1.82) is 0 Å². The molecule has 0 bridgehead atoms. The molecule has 9 rings (SSSR count). The van der Waals surface area contributed by atoms with E-state index in [0.717, 1.165) is 89.2 Å². The molecular formula is C41H44N12O7. The minimum Gasteiger partial charge on any atom is -0.493 e. The Hall–Kier alpha value is -6.93. The SMILES string of the molecule is O=Cc1cnn2ccc(Nc3cccc(OCCN4CCOCC4)c3)nc12.O=c1[nH]c(O)c(C=c2cnn3ccc(=Nc4cccc(OCCN5CCOCC5)c4)nc23)[nH]1. The lowest BCUT2D eigenvalue weighted by atomic mass is 10.3. The summed E-state index contributed by atoms with van der Waals surface area (Å²) in [5.74, 6) is 1.94. The number of anilines is 2. The smallest absolute Gasteiger partial charge is 0.326 e. The van der Waals surface area contributed by atoms with Gasteiger partial charge >= 0.3 is 5.69 Å². The average Bonchev–Trinajstić information content (AvgIpc) is 3.97. The molecule has 4 N–H and O–H groups in total. The van der Waals surface area contributed by atoms with E-state index in [0.29, 0.717) is 52.3 Å². The molecule has 2 aromatic carbocycles. The lowest BCUT2D eigenvalue weighted by Crippen LogP contribution is -2.38. The summed E-state index contributed by atoms with van der Waals surface area (Å²) in [6.07, 6.45) is 8.96. The van der Waals surface area contributed by atoms with Gasteiger partial charge in [-0.3, -0.25) is 19.6 Å². The summed E-state index contributed by atoms with van der Waals surface area (Å²) in [7, 11) is 0. The molecule has 0 aliphatic carbocycles. The van der Waals surface area contributed by atoms with Crippen LogP contribution < -0.4 is 31.2 Å². The second-order valence-corrected chi connectivity index (χ2v) is 13.8. The van der Waals surface area contributed by atoms with Crippen molar-refractivity contribution in [2.75, 3.05) is 84.2 Å². The molecule has 0 radical (unpaired) electrons. The Bertz CT molecular complexity index is 2720. The molecule has 19 heteroatoms. The Labute approximate surface area is 342 Å². The molecule has 2 aliphatic heterocycles. The fourth-order valence-corrected chi connectivity index (χ4v) is 6.55. The summed E-state index contributed by atoms with van der Waals surface area (Å²) in [5.41, 5.74) is 3.35. The standard InChI is InChI=1S/C22H23N7O4.C19H21N5O3/c30-21-18(25-22(31)27-21)12-15-14-23-29-5-4-19(26-20(15)29)24-16-2-1-3-17(13-16)33-11-8-28-6-9-32-10-7-28;25-14-15-13-20-24-5-4-18(22-19(15)24)21-16-2-1-3-17(12-16)27-11-8-23-6-9-26-10-7-23/h1-5,12-14,30H,6-11H2,(H2,25,27,31);1-5,12-14H,6-11H2,(H,21,22). The number of morpholine rings is 2. The van der Waals surface area contributed by atoms with Crippen LogP contribution in [0.15, 0.2) is 95.2 Å². The number of nitrogens with zero attached hydrogens (tertiary/aromatic N) is 9. The Morgan fingerprint density at radius 2 is 1.47 bits per heavy atom. The molecule has 7 heterocycles. The van der Waals surface area contributed by atoms with Gasteiger partial charge in [-0.05, 0) is 36.4 Å². The van der Waals surface area contributed by atoms with Gasteiger partial charge in [0.05, 0.1) is 50.1 Å². The zero-order valence-electron chi connectivity index (χ0n) is 32.6. The van der Waals surface area contributed by atoms with Gasteiger partial charge in [-0.1, -0.05) is 12.1 Å². The number of fused-ring (bicyclic) bond motifs is 2. The molecule has 60 heavy (non-hydrogen) atoms. The lowest BCUT2D eigenvalue weighted by Gasteiger charge is -2.26. The summed E-state index contributed by atoms with van der Waals surface area (Å²) in [6.45, 7) is 9.86. The van der Waals surface area contributed by atoms with Crippen molar-refractivity contribution in [3.63, 3.8) is 0 Å². The number of carbonyl (C=O) groups excluding carboxylic acids is 1. The summed E-state index contributed by atoms with van der Waals surface area (Å²) >= 11 is 0. The maximum absolute atomic E-state index is 11.4. The number of hydrogen-bond donors (Lipinski definition) is 4. The topological polar surface area (TPSA) is 214 Å². The van der Waals surface area contributed by atoms with Crippen LogP contribution in [0.25, 0.3) is 17.4 Å². The van der Waals surface area contributed by atoms with Crippen LogP contribution in [0.5, 0.6) is 17.4 Å². The van der Waals surface area contributed by atoms with Crippen LogP contribution in [0.4, 0.5) is 17.2 Å². The molecule has 2 saturated heterocycles. The third-order valence-corrected chi connectivity index (χ3v) is 9.67. The first-order valence-corrected chi connectivity index (χ1v) is 19.5. The van der Waals surface area contributed by atoms with E-state index in [1.165, 1.54) is 6.20 Å². The predicted molar refractivity (Wildman–Crippen MR) is 220 cm³/mol. The highest BCUT2D eigenvalue weighted by molar-refractivity contribution is 5.84. The maximum atomic E-state index is 11.4. The van der Waals surface area contributed by atoms with E-state index in [1.54, 1.807) is 45.8 Å². The number of aromatic amines is 2. The second-order valence-electron chi connectivity index (χ2n) is 13.8. The molecule has 5 aromatic heterocycles. The minimum absolute atomic E-state index is 0.245. The van der Waals surface area contributed by atoms with Crippen molar-refractivity contribution >= 4 is 40.8 Å². The van der Waals surface area contributed by atoms with Gasteiger partial charge in [0.1, 0.15) is 36.2 Å². The number of H-pyrrole nitrogens is 2. The zero-order valence-corrected chi connectivity index (χ0v) is 32.6. The van der Waals surface area contributed by atoms with Crippen LogP contribution in [0.1, 0.15) is 16.1 Å². The van der Waals surface area contributed by atoms with Crippen molar-refractivity contribution < 1.29 is 28.8 Å². The first-order chi connectivity index (χ1) is 29.5. The number of aromatic hydroxyl groups is 1. The van der Waals surface area contributed by atoms with Crippen molar-refractivity contribution in [1.82, 2.24) is 49.0 Å². The van der Waals surface area contributed by atoms with E-state index >= 15 is 0 Å². The van der Waals surface area contributed by atoms with Gasteiger partial charge < -0.3 is 34.4 Å². The molecule has 2 aliphatic rings. The van der Waals surface area contributed by atoms with Crippen molar-refractivity contribution in [2.24, 2.45) is 4.99 Å². The van der Waals surface area contributed by atoms with E-state index in [9.17, 15) is 14.7 Å². The van der Waals surface area contributed by atoms with Gasteiger partial charge in [-0.15, -0.1) is 0 Å². The molecule has 0 unspecified atom stereocenters. The molecule has 0 spiro atoms. The van der Waals surface area contributed by atoms with Gasteiger partial charge in [0, 0.05) is 80.8 Å². The maximum Gasteiger partial charge on any atom is 0.326 e. The molecule has 0 atom stereocenters. The number of benzene rings is 2. The Kier molecular flexibility index (Phi) is 12.8. The third-order valence-electron chi connectivity index (χ3n) is 9.67. The normalized spacial score (nSPS) is 15.5. The number of aromatic nitrogens is 8. The van der Waals surface area contributed by atoms with Crippen LogP contribution in [0.3, 0.4) is 0 Å². The van der Waals surface area contributed by atoms with Crippen LogP contribution in [-0.2, 0) is 9.47 Å². The van der Waals surface area contributed by atoms with Crippen molar-refractivity contribution in [2.45, 2.75) is 0 Å². The molecule has 310 valence electrons. The average molecular weight is 817 g/mol. The monoisotopic (exact) mass is 816 g/mol. The highest BCUT2D eigenvalue weighted by Gasteiger charge is 2.12. The van der Waals surface area contributed by atoms with E-state index in [-0.39, 0.29) is 11.6 Å². The largest absolute Gasteiger partial charge is 0.493 e. The quantitative estimate of drug-likeness (QED) is 0.123. The van der Waals surface area contributed by atoms with Gasteiger partial charge in [-0.2, -0.15) is 10.2 Å². The summed E-state index contributed by atoms with van der Waals surface area (Å²) < 4.78 is 25.7. The Morgan fingerprint density at radius 1 is 0.800 bits per heavy atom. The first kappa shape index (κ1) is 39.9. The number of ether oxygens (including phenoxy) is 4. The molecule has 0 amide bonds. The molecule has 7 aromatic rings. The van der Waals surface area contributed by atoms with Crippen molar-refractivity contribution in [3.8, 4) is 17.4 Å². The van der Waals surface area contributed by atoms with E-state index in [4.69, 9.17) is 18.9 Å². The number of imidazole rings is 1. The van der Waals surface area contributed by atoms with Crippen LogP contribution in [0.2, 0.25) is 0 Å². The number of rotatable bonds is 13. The lowest BCUT2D eigenvalue weighted by molar-refractivity contribution is 0.0322. The van der Waals surface area contributed by atoms with Gasteiger partial charge in [0.2, 0.25) is 5.88 Å². The highest BCUT2D eigenvalue weighted by atomic mass is 16.5. The van der Waals surface area contributed by atoms with Crippen molar-refractivity contribution in [3.05, 3.63) is 118 Å². The predicted octanol–water partition coefficient (Wildman–Crippen LogP) is 1.94. The van der Waals surface area contributed by atoms with Gasteiger partial charge in [0.15, 0.2) is 23.1 Å². The summed E-state index contributed by atoms with van der Waals surface area (Å²) in [6, 6.07) is 18.9. The summed E-state index contributed by atoms with van der Waals surface area (Å²) in [5, 5.41) is 22.0. The van der Waals surface area contributed by atoms with E-state index < -0.39 is 5.69 Å². The van der Waals surface area contributed by atoms with E-state index in [2.05, 4.69) is 50.2 Å². The minimum atomic E-state index is -0.495. The number of hydrogen-bond acceptors (Lipinski definition) is 15. The Balaban J connectivity index is 0.000000170. The fourth-order valence-electron chi connectivity index (χ4n) is 6.55. The number of carbonyl (C=O) groups is 1. The second kappa shape index (κ2) is 19.2. The van der Waals surface area contributed by atoms with E-state index in [1.807, 2.05) is 48.5 Å². The first-order valence-electron chi connectivity index (χ1n) is 19.5. The third kappa shape index (κ3) is 10.4. The van der Waals surface area contributed by atoms with Crippen LogP contribution in [0, 0.1) is 0 Å². The van der Waals surface area contributed by atoms with Crippen LogP contribution in [-0.4, -0.2) is 139 Å². The molecule has 2 fully saturated rings. The Morgan fingerprint density at radius 3 is 2.17 bits per heavy atom. The summed E-state index contributed by atoms with van der Waals surface area (Å²) in [4.78, 5) is 45.5. The molecular weight excluding hydrogens is 773 g/mol. The van der Waals surface area contributed by atoms with Gasteiger partial charge in [-0.25, -0.2) is 28.8 Å². The van der Waals surface area contributed by atoms with Gasteiger partial charge in [0.25, 0.3) is 0 Å². The fraction of sp³-hybridized carbons (Fsp3) is 0.293. The zero-order chi connectivity index (χ0) is 41.1.